The summed E-state index contributed by atoms with van der Waals surface area (Å²) in [5.41, 5.74) is 3.24. The first-order chi connectivity index (χ1) is 16.8. The Morgan fingerprint density at radius 2 is 1.60 bits per heavy atom. The van der Waals surface area contributed by atoms with Crippen LogP contribution in [0.4, 0.5) is 4.79 Å². The number of hydrogen-bond donors (Lipinski definition) is 3. The van der Waals surface area contributed by atoms with Gasteiger partial charge in [0.25, 0.3) is 0 Å². The fourth-order valence-corrected chi connectivity index (χ4v) is 5.33. The van der Waals surface area contributed by atoms with Crippen LogP contribution in [-0.2, 0) is 14.3 Å². The van der Waals surface area contributed by atoms with Gasteiger partial charge in [0.15, 0.2) is 0 Å². The largest absolute Gasteiger partial charge is 0.479 e. The van der Waals surface area contributed by atoms with Crippen molar-refractivity contribution >= 4 is 18.0 Å². The fraction of sp³-hybridized carbons (Fsp3) is 0.444. The zero-order valence-corrected chi connectivity index (χ0v) is 19.9. The van der Waals surface area contributed by atoms with Gasteiger partial charge in [0.05, 0.1) is 12.5 Å². The Morgan fingerprint density at radius 3 is 2.17 bits per heavy atom. The van der Waals surface area contributed by atoms with Crippen LogP contribution in [0.5, 0.6) is 0 Å². The lowest BCUT2D eigenvalue weighted by Gasteiger charge is -2.41. The zero-order chi connectivity index (χ0) is 25.0. The standard InChI is InChI=1S/C27H32N2O6/c1-29(27(25(32)33)13-7-2-8-14-27)24(31)15-18(30)16-28-26(34)35-17-23-21-11-5-3-9-19(21)20-10-4-6-12-22(20)23/h3-6,9-12,18,23,30H,2,7-8,13-17H2,1H3,(H,28,34)(H,32,33). The van der Waals surface area contributed by atoms with Gasteiger partial charge < -0.3 is 25.2 Å². The molecule has 2 aromatic carbocycles. The van der Waals surface area contributed by atoms with Crippen molar-refractivity contribution in [2.24, 2.45) is 0 Å². The first kappa shape index (κ1) is 24.7. The minimum absolute atomic E-state index is 0.0731. The predicted octanol–water partition coefficient (Wildman–Crippen LogP) is 3.52. The first-order valence-electron chi connectivity index (χ1n) is 12.1. The number of hydrogen-bond acceptors (Lipinski definition) is 5. The molecule has 1 unspecified atom stereocenters. The molecule has 8 heteroatoms. The van der Waals surface area contributed by atoms with Gasteiger partial charge in [0.2, 0.25) is 5.91 Å². The lowest BCUT2D eigenvalue weighted by molar-refractivity contribution is -0.161. The van der Waals surface area contributed by atoms with E-state index in [4.69, 9.17) is 4.74 Å². The van der Waals surface area contributed by atoms with Crippen LogP contribution >= 0.6 is 0 Å². The number of aliphatic hydroxyl groups is 1. The molecule has 186 valence electrons. The summed E-state index contributed by atoms with van der Waals surface area (Å²) in [6.45, 7) is -0.0188. The number of nitrogens with one attached hydrogen (secondary N) is 1. The van der Waals surface area contributed by atoms with Gasteiger partial charge in [-0.2, -0.15) is 0 Å². The summed E-state index contributed by atoms with van der Waals surface area (Å²) in [5.74, 6) is -1.55. The number of carboxylic acids is 1. The minimum Gasteiger partial charge on any atom is -0.479 e. The quantitative estimate of drug-likeness (QED) is 0.532. The van der Waals surface area contributed by atoms with Gasteiger partial charge in [-0.3, -0.25) is 4.79 Å². The number of benzene rings is 2. The van der Waals surface area contributed by atoms with E-state index in [-0.39, 0.29) is 25.5 Å². The molecule has 1 atom stereocenters. The molecule has 35 heavy (non-hydrogen) atoms. The lowest BCUT2D eigenvalue weighted by Crippen LogP contribution is -2.56. The molecule has 2 aliphatic rings. The van der Waals surface area contributed by atoms with Crippen molar-refractivity contribution in [3.05, 3.63) is 59.7 Å². The molecule has 2 amide bonds. The predicted molar refractivity (Wildman–Crippen MR) is 130 cm³/mol. The van der Waals surface area contributed by atoms with Gasteiger partial charge in [0.1, 0.15) is 12.1 Å². The topological polar surface area (TPSA) is 116 Å². The minimum atomic E-state index is -1.23. The Kier molecular flexibility index (Phi) is 7.40. The average Bonchev–Trinajstić information content (AvgIpc) is 3.19. The average molecular weight is 481 g/mol. The van der Waals surface area contributed by atoms with Gasteiger partial charge in [-0.15, -0.1) is 0 Å². The summed E-state index contributed by atoms with van der Waals surface area (Å²) in [7, 11) is 1.48. The molecule has 0 spiro atoms. The van der Waals surface area contributed by atoms with E-state index >= 15 is 0 Å². The number of carbonyl (C=O) groups excluding carboxylic acids is 2. The summed E-state index contributed by atoms with van der Waals surface area (Å²) in [6, 6.07) is 16.1. The number of nitrogens with zero attached hydrogens (tertiary/aromatic N) is 1. The third-order valence-electron chi connectivity index (χ3n) is 7.33. The molecule has 0 heterocycles. The van der Waals surface area contributed by atoms with Crippen molar-refractivity contribution in [3.8, 4) is 11.1 Å². The van der Waals surface area contributed by atoms with Crippen LogP contribution in [0, 0.1) is 0 Å². The van der Waals surface area contributed by atoms with E-state index in [0.29, 0.717) is 12.8 Å². The van der Waals surface area contributed by atoms with Gasteiger partial charge in [0, 0.05) is 19.5 Å². The van der Waals surface area contributed by atoms with Gasteiger partial charge in [-0.1, -0.05) is 67.8 Å². The number of rotatable bonds is 8. The normalized spacial score (nSPS) is 17.1. The fourth-order valence-electron chi connectivity index (χ4n) is 5.33. The van der Waals surface area contributed by atoms with Crippen molar-refractivity contribution in [1.29, 1.82) is 0 Å². The molecule has 0 bridgehead atoms. The number of carboxylic acid groups (broad SMARTS) is 1. The second kappa shape index (κ2) is 10.5. The van der Waals surface area contributed by atoms with Crippen LogP contribution in [-0.4, -0.2) is 64.9 Å². The van der Waals surface area contributed by atoms with Crippen LogP contribution < -0.4 is 5.32 Å². The van der Waals surface area contributed by atoms with Gasteiger partial charge >= 0.3 is 12.1 Å². The maximum absolute atomic E-state index is 12.7. The smallest absolute Gasteiger partial charge is 0.407 e. The molecule has 0 saturated heterocycles. The van der Waals surface area contributed by atoms with Crippen molar-refractivity contribution in [2.75, 3.05) is 20.2 Å². The van der Waals surface area contributed by atoms with E-state index in [0.717, 1.165) is 41.5 Å². The maximum atomic E-state index is 12.7. The number of alkyl carbamates (subject to hydrolysis) is 1. The molecular weight excluding hydrogens is 448 g/mol. The van der Waals surface area contributed by atoms with Gasteiger partial charge in [-0.25, -0.2) is 9.59 Å². The Bertz CT molecular complexity index is 1050. The Morgan fingerprint density at radius 1 is 1.03 bits per heavy atom. The molecular formula is C27H32N2O6. The molecule has 3 N–H and O–H groups in total. The highest BCUT2D eigenvalue weighted by atomic mass is 16.5. The number of aliphatic hydroxyl groups excluding tert-OH is 1. The molecule has 1 fully saturated rings. The van der Waals surface area contributed by atoms with E-state index in [9.17, 15) is 24.6 Å². The molecule has 2 aliphatic carbocycles. The third kappa shape index (κ3) is 5.03. The Balaban J connectivity index is 1.28. The summed E-state index contributed by atoms with van der Waals surface area (Å²) in [6.07, 6.45) is 1.13. The van der Waals surface area contributed by atoms with Crippen LogP contribution in [0.25, 0.3) is 11.1 Å². The molecule has 0 aliphatic heterocycles. The van der Waals surface area contributed by atoms with E-state index in [1.165, 1.54) is 11.9 Å². The number of amides is 2. The number of carbonyl (C=O) groups is 3. The van der Waals surface area contributed by atoms with E-state index in [2.05, 4.69) is 17.4 Å². The number of likely N-dealkylation sites (N-methyl/N-ethyl adjacent to an activating group) is 1. The maximum Gasteiger partial charge on any atom is 0.407 e. The third-order valence-corrected chi connectivity index (χ3v) is 7.33. The van der Waals surface area contributed by atoms with E-state index < -0.39 is 29.6 Å². The molecule has 8 nitrogen and oxygen atoms in total. The van der Waals surface area contributed by atoms with Crippen molar-refractivity contribution < 1.29 is 29.3 Å². The van der Waals surface area contributed by atoms with Crippen LogP contribution in [0.15, 0.2) is 48.5 Å². The van der Waals surface area contributed by atoms with Crippen molar-refractivity contribution in [1.82, 2.24) is 10.2 Å². The summed E-state index contributed by atoms with van der Waals surface area (Å²) in [5, 5.41) is 22.6. The summed E-state index contributed by atoms with van der Waals surface area (Å²) < 4.78 is 5.45. The first-order valence-corrected chi connectivity index (χ1v) is 12.1. The zero-order valence-electron chi connectivity index (χ0n) is 19.9. The van der Waals surface area contributed by atoms with Crippen LogP contribution in [0.1, 0.15) is 55.6 Å². The molecule has 0 aromatic heterocycles. The van der Waals surface area contributed by atoms with Gasteiger partial charge in [-0.05, 0) is 35.1 Å². The van der Waals surface area contributed by atoms with E-state index in [1.807, 2.05) is 36.4 Å². The monoisotopic (exact) mass is 480 g/mol. The molecule has 2 aromatic rings. The Labute approximate surface area is 204 Å². The lowest BCUT2D eigenvalue weighted by atomic mass is 9.80. The summed E-state index contributed by atoms with van der Waals surface area (Å²) in [4.78, 5) is 38.2. The second-order valence-electron chi connectivity index (χ2n) is 9.41. The van der Waals surface area contributed by atoms with Crippen LogP contribution in [0.3, 0.4) is 0 Å². The highest BCUT2D eigenvalue weighted by Gasteiger charge is 2.45. The Hall–Kier alpha value is -3.39. The van der Waals surface area contributed by atoms with Crippen molar-refractivity contribution in [3.63, 3.8) is 0 Å². The highest BCUT2D eigenvalue weighted by molar-refractivity contribution is 5.87. The molecule has 0 radical (unpaired) electrons. The number of ether oxygens (including phenoxy) is 1. The number of aliphatic carboxylic acids is 1. The second-order valence-corrected chi connectivity index (χ2v) is 9.41. The van der Waals surface area contributed by atoms with Crippen molar-refractivity contribution in [2.45, 2.75) is 56.1 Å². The molecule has 4 rings (SSSR count). The SMILES string of the molecule is CN(C(=O)CC(O)CNC(=O)OCC1c2ccccc2-c2ccccc21)C1(C(=O)O)CCCCC1. The highest BCUT2D eigenvalue weighted by Crippen LogP contribution is 2.44. The number of fused-ring (bicyclic) bond motifs is 3. The van der Waals surface area contributed by atoms with Crippen LogP contribution in [0.2, 0.25) is 0 Å². The molecule has 1 saturated carbocycles. The summed E-state index contributed by atoms with van der Waals surface area (Å²) >= 11 is 0. The van der Waals surface area contributed by atoms with E-state index in [1.54, 1.807) is 0 Å².